The van der Waals surface area contributed by atoms with Gasteiger partial charge in [0.15, 0.2) is 0 Å². The third kappa shape index (κ3) is 3.16. The molecule has 0 fully saturated rings. The smallest absolute Gasteiger partial charge is 0.133 e. The maximum absolute atomic E-state index is 14.4. The molecule has 0 saturated carbocycles. The van der Waals surface area contributed by atoms with Crippen LogP contribution >= 0.6 is 0 Å². The standard InChI is InChI=1S/C20H22FN/c1-6-16-19(21)12-17(15-9-7-14(4)8-10-15)18(11-13(2)3)20(16)22-5/h6-10,12-13H,1,5,11H2,2-4H3. The van der Waals surface area contributed by atoms with Crippen molar-refractivity contribution in [2.45, 2.75) is 27.2 Å². The third-order valence-corrected chi connectivity index (χ3v) is 3.73. The quantitative estimate of drug-likeness (QED) is 0.602. The molecule has 0 unspecified atom stereocenters. The zero-order chi connectivity index (χ0) is 16.3. The predicted octanol–water partition coefficient (Wildman–Crippen LogP) is 5.97. The number of benzene rings is 2. The topological polar surface area (TPSA) is 12.4 Å². The van der Waals surface area contributed by atoms with E-state index in [2.05, 4.69) is 32.1 Å². The van der Waals surface area contributed by atoms with Crippen LogP contribution in [0.3, 0.4) is 0 Å². The summed E-state index contributed by atoms with van der Waals surface area (Å²) in [7, 11) is 0. The Hall–Kier alpha value is -2.22. The summed E-state index contributed by atoms with van der Waals surface area (Å²) in [6.45, 7) is 13.7. The van der Waals surface area contributed by atoms with Gasteiger partial charge in [-0.2, -0.15) is 0 Å². The van der Waals surface area contributed by atoms with E-state index >= 15 is 0 Å². The van der Waals surface area contributed by atoms with Gasteiger partial charge in [-0.05, 0) is 48.7 Å². The first-order valence-corrected chi connectivity index (χ1v) is 7.49. The minimum atomic E-state index is -0.305. The molecule has 2 aromatic rings. The fraction of sp³-hybridized carbons (Fsp3) is 0.250. The molecule has 0 N–H and O–H groups in total. The van der Waals surface area contributed by atoms with Crippen LogP contribution in [-0.4, -0.2) is 6.72 Å². The van der Waals surface area contributed by atoms with Crippen molar-refractivity contribution in [1.82, 2.24) is 0 Å². The van der Waals surface area contributed by atoms with Crippen LogP contribution in [-0.2, 0) is 6.42 Å². The van der Waals surface area contributed by atoms with Crippen molar-refractivity contribution in [3.05, 3.63) is 59.4 Å². The van der Waals surface area contributed by atoms with E-state index in [1.807, 2.05) is 31.2 Å². The van der Waals surface area contributed by atoms with Crippen LogP contribution in [0.15, 0.2) is 41.9 Å². The summed E-state index contributed by atoms with van der Waals surface area (Å²) < 4.78 is 14.4. The Morgan fingerprint density at radius 1 is 1.23 bits per heavy atom. The molecule has 0 aromatic heterocycles. The van der Waals surface area contributed by atoms with E-state index in [1.165, 1.54) is 11.6 Å². The summed E-state index contributed by atoms with van der Waals surface area (Å²) in [4.78, 5) is 4.10. The van der Waals surface area contributed by atoms with Crippen molar-refractivity contribution in [2.75, 3.05) is 0 Å². The molecule has 0 aliphatic rings. The van der Waals surface area contributed by atoms with Crippen LogP contribution in [0.1, 0.15) is 30.5 Å². The van der Waals surface area contributed by atoms with E-state index in [9.17, 15) is 4.39 Å². The molecule has 22 heavy (non-hydrogen) atoms. The number of rotatable bonds is 5. The van der Waals surface area contributed by atoms with E-state index in [-0.39, 0.29) is 5.82 Å². The predicted molar refractivity (Wildman–Crippen MR) is 94.4 cm³/mol. The molecule has 1 nitrogen and oxygen atoms in total. The van der Waals surface area contributed by atoms with Gasteiger partial charge >= 0.3 is 0 Å². The highest BCUT2D eigenvalue weighted by Crippen LogP contribution is 2.37. The molecule has 2 heteroatoms. The maximum Gasteiger partial charge on any atom is 0.133 e. The molecular weight excluding hydrogens is 273 g/mol. The number of halogens is 1. The van der Waals surface area contributed by atoms with Crippen molar-refractivity contribution in [1.29, 1.82) is 0 Å². The molecule has 2 aromatic carbocycles. The van der Waals surface area contributed by atoms with Gasteiger partial charge in [0.05, 0.1) is 5.69 Å². The maximum atomic E-state index is 14.4. The molecule has 0 aliphatic carbocycles. The van der Waals surface area contributed by atoms with Gasteiger partial charge in [-0.3, -0.25) is 4.99 Å². The molecular formula is C20H22FN. The second-order valence-electron chi connectivity index (χ2n) is 5.97. The van der Waals surface area contributed by atoms with Crippen molar-refractivity contribution in [3.63, 3.8) is 0 Å². The van der Waals surface area contributed by atoms with Crippen LogP contribution in [0.25, 0.3) is 17.2 Å². The lowest BCUT2D eigenvalue weighted by Gasteiger charge is -2.17. The first kappa shape index (κ1) is 16.2. The van der Waals surface area contributed by atoms with Gasteiger partial charge in [-0.1, -0.05) is 56.3 Å². The van der Waals surface area contributed by atoms with E-state index in [0.717, 1.165) is 23.1 Å². The van der Waals surface area contributed by atoms with Gasteiger partial charge in [0, 0.05) is 5.56 Å². The molecule has 0 atom stereocenters. The summed E-state index contributed by atoms with van der Waals surface area (Å²) in [5, 5.41) is 0. The van der Waals surface area contributed by atoms with Gasteiger partial charge < -0.3 is 0 Å². The lowest BCUT2D eigenvalue weighted by molar-refractivity contribution is 0.620. The Kier molecular flexibility index (Phi) is 4.92. The highest BCUT2D eigenvalue weighted by Gasteiger charge is 2.17. The molecule has 0 bridgehead atoms. The van der Waals surface area contributed by atoms with Crippen LogP contribution < -0.4 is 0 Å². The first-order chi connectivity index (χ1) is 10.5. The van der Waals surface area contributed by atoms with Crippen LogP contribution in [0.5, 0.6) is 0 Å². The van der Waals surface area contributed by atoms with E-state index < -0.39 is 0 Å². The molecule has 0 aliphatic heterocycles. The number of hydrogen-bond acceptors (Lipinski definition) is 1. The minimum absolute atomic E-state index is 0.305. The van der Waals surface area contributed by atoms with E-state index in [4.69, 9.17) is 0 Å². The van der Waals surface area contributed by atoms with Crippen LogP contribution in [0, 0.1) is 18.7 Å². The van der Waals surface area contributed by atoms with Crippen LogP contribution in [0.2, 0.25) is 0 Å². The Labute approximate surface area is 132 Å². The van der Waals surface area contributed by atoms with E-state index in [0.29, 0.717) is 17.2 Å². The summed E-state index contributed by atoms with van der Waals surface area (Å²) in [5.41, 5.74) is 5.14. The van der Waals surface area contributed by atoms with Crippen molar-refractivity contribution < 1.29 is 4.39 Å². The van der Waals surface area contributed by atoms with Gasteiger partial charge in [0.2, 0.25) is 0 Å². The molecule has 0 radical (unpaired) electrons. The SMILES string of the molecule is C=Cc1c(F)cc(-c2ccc(C)cc2)c(CC(C)C)c1N=C. The molecule has 0 saturated heterocycles. The van der Waals surface area contributed by atoms with Gasteiger partial charge in [-0.15, -0.1) is 0 Å². The lowest BCUT2D eigenvalue weighted by Crippen LogP contribution is -2.01. The van der Waals surface area contributed by atoms with Crippen LogP contribution in [0.4, 0.5) is 10.1 Å². The van der Waals surface area contributed by atoms with Crippen molar-refractivity contribution in [3.8, 4) is 11.1 Å². The largest absolute Gasteiger partial charge is 0.264 e. The fourth-order valence-corrected chi connectivity index (χ4v) is 2.68. The monoisotopic (exact) mass is 295 g/mol. The normalized spacial score (nSPS) is 10.8. The number of hydrogen-bond donors (Lipinski definition) is 0. The second kappa shape index (κ2) is 6.69. The summed E-state index contributed by atoms with van der Waals surface area (Å²) >= 11 is 0. The summed E-state index contributed by atoms with van der Waals surface area (Å²) in [6, 6.07) is 9.71. The molecule has 2 rings (SSSR count). The zero-order valence-electron chi connectivity index (χ0n) is 13.5. The molecule has 114 valence electrons. The average molecular weight is 295 g/mol. The lowest BCUT2D eigenvalue weighted by atomic mass is 9.89. The molecule has 0 amide bonds. The first-order valence-electron chi connectivity index (χ1n) is 7.49. The van der Waals surface area contributed by atoms with Gasteiger partial charge in [0.25, 0.3) is 0 Å². The number of nitrogens with zero attached hydrogens (tertiary/aromatic N) is 1. The zero-order valence-corrected chi connectivity index (χ0v) is 13.5. The Balaban J connectivity index is 2.76. The Bertz CT molecular complexity index is 697. The Morgan fingerprint density at radius 3 is 2.36 bits per heavy atom. The minimum Gasteiger partial charge on any atom is -0.264 e. The average Bonchev–Trinajstić information content (AvgIpc) is 2.48. The second-order valence-corrected chi connectivity index (χ2v) is 5.97. The fourth-order valence-electron chi connectivity index (χ4n) is 2.68. The van der Waals surface area contributed by atoms with Gasteiger partial charge in [-0.25, -0.2) is 4.39 Å². The highest BCUT2D eigenvalue weighted by molar-refractivity contribution is 5.80. The van der Waals surface area contributed by atoms with Crippen molar-refractivity contribution in [2.24, 2.45) is 10.9 Å². The summed E-state index contributed by atoms with van der Waals surface area (Å²) in [6.07, 6.45) is 2.33. The number of aliphatic imine (C=N–C) groups is 1. The number of aryl methyl sites for hydroxylation is 1. The van der Waals surface area contributed by atoms with Gasteiger partial charge in [0.1, 0.15) is 5.82 Å². The summed E-state index contributed by atoms with van der Waals surface area (Å²) in [5.74, 6) is 0.133. The van der Waals surface area contributed by atoms with Crippen molar-refractivity contribution >= 4 is 18.5 Å². The molecule has 0 heterocycles. The highest BCUT2D eigenvalue weighted by atomic mass is 19.1. The van der Waals surface area contributed by atoms with E-state index in [1.54, 1.807) is 6.07 Å². The molecule has 0 spiro atoms. The third-order valence-electron chi connectivity index (χ3n) is 3.73. The Morgan fingerprint density at radius 2 is 1.86 bits per heavy atom.